The molecule has 0 aliphatic heterocycles. The van der Waals surface area contributed by atoms with E-state index >= 15 is 0 Å². The highest BCUT2D eigenvalue weighted by molar-refractivity contribution is 8.00. The molecule has 0 bridgehead atoms. The van der Waals surface area contributed by atoms with Gasteiger partial charge in [-0.25, -0.2) is 0 Å². The first-order valence-corrected chi connectivity index (χ1v) is 11.2. The molecule has 3 aromatic rings. The van der Waals surface area contributed by atoms with E-state index in [9.17, 15) is 4.79 Å². The summed E-state index contributed by atoms with van der Waals surface area (Å²) in [6.07, 6.45) is 1.63. The number of amides is 1. The topological polar surface area (TPSA) is 78.3 Å². The Bertz CT molecular complexity index is 1140. The van der Waals surface area contributed by atoms with Crippen LogP contribution in [0.2, 0.25) is 10.0 Å². The highest BCUT2D eigenvalue weighted by Crippen LogP contribution is 2.37. The van der Waals surface area contributed by atoms with Crippen molar-refractivity contribution >= 4 is 40.9 Å². The van der Waals surface area contributed by atoms with Crippen molar-refractivity contribution in [2.75, 3.05) is 20.8 Å². The Hall–Kier alpha value is -2.68. The van der Waals surface area contributed by atoms with E-state index in [0.717, 1.165) is 0 Å². The maximum absolute atomic E-state index is 12.4. The Morgan fingerprint density at radius 1 is 1.19 bits per heavy atom. The third kappa shape index (κ3) is 5.20. The van der Waals surface area contributed by atoms with Gasteiger partial charge in [-0.05, 0) is 43.3 Å². The predicted molar refractivity (Wildman–Crippen MR) is 128 cm³/mol. The van der Waals surface area contributed by atoms with Gasteiger partial charge < -0.3 is 14.8 Å². The largest absolute Gasteiger partial charge is 0.496 e. The molecule has 32 heavy (non-hydrogen) atoms. The van der Waals surface area contributed by atoms with Crippen LogP contribution in [0.3, 0.4) is 0 Å². The zero-order valence-corrected chi connectivity index (χ0v) is 20.1. The summed E-state index contributed by atoms with van der Waals surface area (Å²) >= 11 is 13.9. The normalized spacial score (nSPS) is 11.7. The smallest absolute Gasteiger partial charge is 0.233 e. The van der Waals surface area contributed by atoms with Crippen molar-refractivity contribution < 1.29 is 14.3 Å². The summed E-state index contributed by atoms with van der Waals surface area (Å²) in [6, 6.07) is 10.6. The Kier molecular flexibility index (Phi) is 8.06. The van der Waals surface area contributed by atoms with Crippen LogP contribution >= 0.6 is 35.0 Å². The highest BCUT2D eigenvalue weighted by Gasteiger charge is 2.24. The second kappa shape index (κ2) is 10.8. The zero-order valence-electron chi connectivity index (χ0n) is 17.8. The Labute approximate surface area is 200 Å². The molecule has 1 aromatic heterocycles. The molecule has 0 aliphatic carbocycles. The van der Waals surface area contributed by atoms with Crippen LogP contribution in [0.5, 0.6) is 11.5 Å². The average Bonchev–Trinajstić information content (AvgIpc) is 3.20. The lowest BCUT2D eigenvalue weighted by atomic mass is 10.2. The molecule has 1 atom stereocenters. The second-order valence-electron chi connectivity index (χ2n) is 6.60. The summed E-state index contributed by atoms with van der Waals surface area (Å²) < 4.78 is 12.6. The van der Waals surface area contributed by atoms with Gasteiger partial charge in [0.15, 0.2) is 11.0 Å². The monoisotopic (exact) mass is 492 g/mol. The van der Waals surface area contributed by atoms with Crippen molar-refractivity contribution in [2.45, 2.75) is 17.3 Å². The molecule has 2 aromatic carbocycles. The maximum Gasteiger partial charge on any atom is 0.233 e. The number of nitrogens with one attached hydrogen (secondary N) is 1. The standard InChI is InChI=1S/C22H22Cl2N4O3S/c1-5-10-25-21(29)13(2)32-22-27-26-20(16-11-14(23)6-8-18(16)30-3)28(22)15-7-9-19(31-4)17(24)12-15/h5-9,11-13H,1,10H2,2-4H3,(H,25,29). The van der Waals surface area contributed by atoms with Crippen molar-refractivity contribution in [3.63, 3.8) is 0 Å². The fourth-order valence-corrected chi connectivity index (χ4v) is 4.25. The van der Waals surface area contributed by atoms with Crippen LogP contribution in [0, 0.1) is 0 Å². The minimum atomic E-state index is -0.430. The third-order valence-electron chi connectivity index (χ3n) is 4.50. The highest BCUT2D eigenvalue weighted by atomic mass is 35.5. The number of ether oxygens (including phenoxy) is 2. The van der Waals surface area contributed by atoms with E-state index in [1.807, 2.05) is 6.07 Å². The quantitative estimate of drug-likeness (QED) is 0.333. The molecule has 1 amide bonds. The van der Waals surface area contributed by atoms with Crippen LogP contribution in [-0.2, 0) is 4.79 Å². The molecule has 0 saturated heterocycles. The number of nitrogens with zero attached hydrogens (tertiary/aromatic N) is 3. The molecule has 3 rings (SSSR count). The molecule has 7 nitrogen and oxygen atoms in total. The number of thioether (sulfide) groups is 1. The van der Waals surface area contributed by atoms with Gasteiger partial charge in [0, 0.05) is 11.6 Å². The molecule has 0 fully saturated rings. The van der Waals surface area contributed by atoms with Gasteiger partial charge in [-0.2, -0.15) is 0 Å². The predicted octanol–water partition coefficient (Wildman–Crippen LogP) is 5.04. The summed E-state index contributed by atoms with van der Waals surface area (Å²) in [6.45, 7) is 5.80. The van der Waals surface area contributed by atoms with Crippen molar-refractivity contribution in [1.82, 2.24) is 20.1 Å². The summed E-state index contributed by atoms with van der Waals surface area (Å²) in [7, 11) is 3.12. The summed E-state index contributed by atoms with van der Waals surface area (Å²) in [5.41, 5.74) is 1.34. The molecular weight excluding hydrogens is 471 g/mol. The van der Waals surface area contributed by atoms with E-state index in [-0.39, 0.29) is 5.91 Å². The van der Waals surface area contributed by atoms with Crippen molar-refractivity contribution in [1.29, 1.82) is 0 Å². The molecule has 1 heterocycles. The number of aromatic nitrogens is 3. The number of carbonyl (C=O) groups excluding carboxylic acids is 1. The Morgan fingerprint density at radius 3 is 2.56 bits per heavy atom. The minimum absolute atomic E-state index is 0.140. The van der Waals surface area contributed by atoms with Gasteiger partial charge in [-0.15, -0.1) is 16.8 Å². The average molecular weight is 493 g/mol. The van der Waals surface area contributed by atoms with Crippen LogP contribution < -0.4 is 14.8 Å². The number of carbonyl (C=O) groups is 1. The lowest BCUT2D eigenvalue weighted by molar-refractivity contribution is -0.120. The number of methoxy groups -OCH3 is 2. The van der Waals surface area contributed by atoms with Gasteiger partial charge in [-0.3, -0.25) is 9.36 Å². The van der Waals surface area contributed by atoms with Gasteiger partial charge >= 0.3 is 0 Å². The van der Waals surface area contributed by atoms with Crippen LogP contribution in [0.1, 0.15) is 6.92 Å². The van der Waals surface area contributed by atoms with Crippen molar-refractivity contribution in [3.8, 4) is 28.6 Å². The van der Waals surface area contributed by atoms with Crippen LogP contribution in [0.25, 0.3) is 17.1 Å². The molecule has 0 radical (unpaired) electrons. The number of benzene rings is 2. The number of halogens is 2. The SMILES string of the molecule is C=CCNC(=O)C(C)Sc1nnc(-c2cc(Cl)ccc2OC)n1-c1ccc(OC)c(Cl)c1. The molecule has 0 spiro atoms. The molecule has 168 valence electrons. The van der Waals surface area contributed by atoms with Crippen LogP contribution in [0.4, 0.5) is 0 Å². The third-order valence-corrected chi connectivity index (χ3v) is 6.07. The molecule has 1 N–H and O–H groups in total. The first-order valence-electron chi connectivity index (χ1n) is 9.58. The summed E-state index contributed by atoms with van der Waals surface area (Å²) in [4.78, 5) is 12.4. The van der Waals surface area contributed by atoms with Crippen LogP contribution in [0.15, 0.2) is 54.2 Å². The summed E-state index contributed by atoms with van der Waals surface area (Å²) in [5.74, 6) is 1.47. The Balaban J connectivity index is 2.13. The van der Waals surface area contributed by atoms with Crippen molar-refractivity contribution in [3.05, 3.63) is 59.1 Å². The number of hydrogen-bond acceptors (Lipinski definition) is 6. The first kappa shape index (κ1) is 24.0. The summed E-state index contributed by atoms with van der Waals surface area (Å²) in [5, 5.41) is 12.6. The van der Waals surface area contributed by atoms with E-state index in [4.69, 9.17) is 32.7 Å². The van der Waals surface area contributed by atoms with Gasteiger partial charge in [0.05, 0.1) is 35.7 Å². The van der Waals surface area contributed by atoms with E-state index in [1.165, 1.54) is 11.8 Å². The van der Waals surface area contributed by atoms with Gasteiger partial charge in [0.25, 0.3) is 0 Å². The van der Waals surface area contributed by atoms with E-state index < -0.39 is 5.25 Å². The molecule has 0 aliphatic rings. The van der Waals surface area contributed by atoms with Gasteiger partial charge in [0.2, 0.25) is 5.91 Å². The lowest BCUT2D eigenvalue weighted by Crippen LogP contribution is -2.31. The van der Waals surface area contributed by atoms with E-state index in [1.54, 1.807) is 62.1 Å². The Morgan fingerprint density at radius 2 is 1.91 bits per heavy atom. The van der Waals surface area contributed by atoms with Gasteiger partial charge in [0.1, 0.15) is 11.5 Å². The van der Waals surface area contributed by atoms with Gasteiger partial charge in [-0.1, -0.05) is 41.0 Å². The van der Waals surface area contributed by atoms with E-state index in [0.29, 0.717) is 50.3 Å². The zero-order chi connectivity index (χ0) is 23.3. The minimum Gasteiger partial charge on any atom is -0.496 e. The number of hydrogen-bond donors (Lipinski definition) is 1. The maximum atomic E-state index is 12.4. The second-order valence-corrected chi connectivity index (χ2v) is 8.75. The molecule has 10 heteroatoms. The molecule has 0 saturated carbocycles. The fraction of sp³-hybridized carbons (Fsp3) is 0.227. The van der Waals surface area contributed by atoms with E-state index in [2.05, 4.69) is 22.1 Å². The molecular formula is C22H22Cl2N4O3S. The number of rotatable bonds is 9. The first-order chi connectivity index (χ1) is 15.4. The van der Waals surface area contributed by atoms with Crippen LogP contribution in [-0.4, -0.2) is 46.7 Å². The van der Waals surface area contributed by atoms with Crippen molar-refractivity contribution in [2.24, 2.45) is 0 Å². The fourth-order valence-electron chi connectivity index (χ4n) is 2.93. The lowest BCUT2D eigenvalue weighted by Gasteiger charge is -2.15. The molecule has 1 unspecified atom stereocenters.